The number of rotatable bonds is 2. The normalized spacial score (nSPS) is 10.6. The predicted octanol–water partition coefficient (Wildman–Crippen LogP) is 3.62. The van der Waals surface area contributed by atoms with Gasteiger partial charge in [0.05, 0.1) is 10.7 Å². The van der Waals surface area contributed by atoms with Gasteiger partial charge in [-0.1, -0.05) is 11.6 Å². The number of halogens is 5. The van der Waals surface area contributed by atoms with Crippen molar-refractivity contribution in [1.82, 2.24) is 4.98 Å². The molecule has 100 valence electrons. The van der Waals surface area contributed by atoms with E-state index in [2.05, 4.69) is 10.3 Å². The first-order chi connectivity index (χ1) is 8.90. The molecule has 19 heavy (non-hydrogen) atoms. The molecule has 0 aliphatic rings. The van der Waals surface area contributed by atoms with E-state index < -0.39 is 29.0 Å². The van der Waals surface area contributed by atoms with Gasteiger partial charge in [-0.05, 0) is 6.07 Å². The Morgan fingerprint density at radius 2 is 1.63 bits per heavy atom. The van der Waals surface area contributed by atoms with Gasteiger partial charge in [-0.3, -0.25) is 0 Å². The molecule has 0 saturated heterocycles. The summed E-state index contributed by atoms with van der Waals surface area (Å²) in [4.78, 5) is 3.67. The highest BCUT2D eigenvalue weighted by Crippen LogP contribution is 2.29. The molecule has 2 aromatic rings. The zero-order valence-electron chi connectivity index (χ0n) is 9.15. The van der Waals surface area contributed by atoms with Crippen LogP contribution in [0.4, 0.5) is 34.8 Å². The average molecular weight is 292 g/mol. The minimum Gasteiger partial charge on any atom is -0.396 e. The van der Waals surface area contributed by atoms with Gasteiger partial charge in [0, 0.05) is 12.3 Å². The number of hydrogen-bond acceptors (Lipinski definition) is 3. The Balaban J connectivity index is 2.49. The van der Waals surface area contributed by atoms with Crippen molar-refractivity contribution in [3.05, 3.63) is 46.6 Å². The molecule has 3 N–H and O–H groups in total. The first kappa shape index (κ1) is 13.4. The molecule has 0 spiro atoms. The molecule has 1 heterocycles. The summed E-state index contributed by atoms with van der Waals surface area (Å²) in [5.41, 5.74) is 4.46. The Bertz CT molecular complexity index is 622. The fourth-order valence-corrected chi connectivity index (χ4v) is 1.53. The fraction of sp³-hybridized carbons (Fsp3) is 0. The third kappa shape index (κ3) is 2.55. The zero-order chi connectivity index (χ0) is 14.2. The van der Waals surface area contributed by atoms with Crippen LogP contribution in [-0.4, -0.2) is 4.98 Å². The highest BCUT2D eigenvalue weighted by molar-refractivity contribution is 6.30. The number of nitrogens with one attached hydrogen (secondary N) is 1. The smallest absolute Gasteiger partial charge is 0.185 e. The van der Waals surface area contributed by atoms with Crippen molar-refractivity contribution in [3.63, 3.8) is 0 Å². The molecular weight excluding hydrogens is 286 g/mol. The molecule has 0 saturated carbocycles. The van der Waals surface area contributed by atoms with Crippen LogP contribution in [-0.2, 0) is 0 Å². The average Bonchev–Trinajstić information content (AvgIpc) is 2.34. The fourth-order valence-electron chi connectivity index (χ4n) is 1.36. The summed E-state index contributed by atoms with van der Waals surface area (Å²) >= 11 is 5.59. The first-order valence-corrected chi connectivity index (χ1v) is 5.29. The van der Waals surface area contributed by atoms with Crippen molar-refractivity contribution in [1.29, 1.82) is 0 Å². The molecule has 0 aliphatic carbocycles. The Hall–Kier alpha value is -2.02. The topological polar surface area (TPSA) is 50.9 Å². The molecule has 0 atom stereocenters. The second-order valence-corrected chi connectivity index (χ2v) is 4.00. The molecule has 1 aromatic heterocycles. The molecule has 8 heteroatoms. The van der Waals surface area contributed by atoms with Gasteiger partial charge in [-0.15, -0.1) is 0 Å². The third-order valence-electron chi connectivity index (χ3n) is 2.24. The van der Waals surface area contributed by atoms with Crippen LogP contribution in [0.15, 0.2) is 18.3 Å². The van der Waals surface area contributed by atoms with Crippen LogP contribution in [0.1, 0.15) is 0 Å². The second kappa shape index (κ2) is 4.93. The Morgan fingerprint density at radius 3 is 2.16 bits per heavy atom. The van der Waals surface area contributed by atoms with E-state index in [1.54, 1.807) is 0 Å². The van der Waals surface area contributed by atoms with Crippen molar-refractivity contribution < 1.29 is 17.6 Å². The summed E-state index contributed by atoms with van der Waals surface area (Å²) in [6.07, 6.45) is 1.16. The lowest BCUT2D eigenvalue weighted by molar-refractivity contribution is 0.459. The van der Waals surface area contributed by atoms with Gasteiger partial charge in [0.2, 0.25) is 0 Å². The van der Waals surface area contributed by atoms with Crippen LogP contribution in [0.5, 0.6) is 0 Å². The van der Waals surface area contributed by atoms with E-state index in [4.69, 9.17) is 17.3 Å². The second-order valence-electron chi connectivity index (χ2n) is 3.56. The quantitative estimate of drug-likeness (QED) is 0.656. The number of nitrogens with two attached hydrogens (primary N) is 1. The van der Waals surface area contributed by atoms with Crippen LogP contribution in [0.3, 0.4) is 0 Å². The molecule has 0 aliphatic heterocycles. The molecular formula is C11H6ClF4N3. The lowest BCUT2D eigenvalue weighted by Crippen LogP contribution is -2.06. The van der Waals surface area contributed by atoms with Gasteiger partial charge in [-0.25, -0.2) is 22.5 Å². The number of nitrogens with zero attached hydrogens (tertiary/aromatic N) is 1. The maximum absolute atomic E-state index is 13.4. The lowest BCUT2D eigenvalue weighted by atomic mass is 10.2. The largest absolute Gasteiger partial charge is 0.396 e. The van der Waals surface area contributed by atoms with Crippen molar-refractivity contribution in [2.24, 2.45) is 0 Å². The van der Waals surface area contributed by atoms with E-state index >= 15 is 0 Å². The van der Waals surface area contributed by atoms with E-state index in [0.717, 1.165) is 6.20 Å². The van der Waals surface area contributed by atoms with E-state index in [9.17, 15) is 17.6 Å². The highest BCUT2D eigenvalue weighted by atomic mass is 35.5. The van der Waals surface area contributed by atoms with Gasteiger partial charge >= 0.3 is 0 Å². The maximum Gasteiger partial charge on any atom is 0.185 e. The van der Waals surface area contributed by atoms with Crippen molar-refractivity contribution >= 4 is 28.8 Å². The van der Waals surface area contributed by atoms with E-state index in [1.807, 2.05) is 0 Å². The zero-order valence-corrected chi connectivity index (χ0v) is 9.90. The molecule has 0 bridgehead atoms. The van der Waals surface area contributed by atoms with Gasteiger partial charge in [0.1, 0.15) is 5.69 Å². The van der Waals surface area contributed by atoms with Gasteiger partial charge in [-0.2, -0.15) is 0 Å². The summed E-state index contributed by atoms with van der Waals surface area (Å²) in [6, 6.07) is 1.37. The van der Waals surface area contributed by atoms with Gasteiger partial charge < -0.3 is 11.1 Å². The summed E-state index contributed by atoms with van der Waals surface area (Å²) < 4.78 is 52.8. The molecule has 0 fully saturated rings. The van der Waals surface area contributed by atoms with E-state index in [0.29, 0.717) is 0 Å². The maximum atomic E-state index is 13.4. The number of pyridine rings is 1. The van der Waals surface area contributed by atoms with Crippen molar-refractivity contribution in [3.8, 4) is 0 Å². The van der Waals surface area contributed by atoms with Gasteiger partial charge in [0.25, 0.3) is 0 Å². The molecule has 0 unspecified atom stereocenters. The summed E-state index contributed by atoms with van der Waals surface area (Å²) in [7, 11) is 0. The molecule has 0 radical (unpaired) electrons. The van der Waals surface area contributed by atoms with Crippen LogP contribution in [0.2, 0.25) is 5.02 Å². The predicted molar refractivity (Wildman–Crippen MR) is 63.2 cm³/mol. The Kier molecular flexibility index (Phi) is 3.48. The van der Waals surface area contributed by atoms with Crippen LogP contribution >= 0.6 is 11.6 Å². The summed E-state index contributed by atoms with van der Waals surface area (Å²) in [5, 5.41) is 2.30. The van der Waals surface area contributed by atoms with Crippen LogP contribution in [0, 0.1) is 23.3 Å². The number of hydrogen-bond donors (Lipinski definition) is 2. The summed E-state index contributed by atoms with van der Waals surface area (Å²) in [5.74, 6) is -6.39. The minimum atomic E-state index is -1.57. The minimum absolute atomic E-state index is 0.0315. The monoisotopic (exact) mass is 291 g/mol. The summed E-state index contributed by atoms with van der Waals surface area (Å²) in [6.45, 7) is 0. The van der Waals surface area contributed by atoms with Crippen molar-refractivity contribution in [2.45, 2.75) is 0 Å². The van der Waals surface area contributed by atoms with Crippen LogP contribution in [0.25, 0.3) is 0 Å². The number of benzene rings is 1. The highest BCUT2D eigenvalue weighted by Gasteiger charge is 2.20. The van der Waals surface area contributed by atoms with Crippen LogP contribution < -0.4 is 11.1 Å². The number of anilines is 3. The molecule has 1 aromatic carbocycles. The van der Waals surface area contributed by atoms with Gasteiger partial charge in [0.15, 0.2) is 29.1 Å². The molecule has 0 amide bonds. The standard InChI is InChI=1S/C11H6ClF4N3/c12-4-1-7(17)11(18-3-4)19-10-8(15)5(13)2-6(14)9(10)16/h1-3H,17H2,(H,18,19). The SMILES string of the molecule is Nc1cc(Cl)cnc1Nc1c(F)c(F)cc(F)c1F. The Morgan fingerprint density at radius 1 is 1.05 bits per heavy atom. The Labute approximate surface area is 110 Å². The third-order valence-corrected chi connectivity index (χ3v) is 2.45. The van der Waals surface area contributed by atoms with Crippen molar-refractivity contribution in [2.75, 3.05) is 11.1 Å². The van der Waals surface area contributed by atoms with E-state index in [-0.39, 0.29) is 22.6 Å². The first-order valence-electron chi connectivity index (χ1n) is 4.91. The molecule has 3 nitrogen and oxygen atoms in total. The lowest BCUT2D eigenvalue weighted by Gasteiger charge is -2.11. The number of nitrogen functional groups attached to an aromatic ring is 1. The van der Waals surface area contributed by atoms with E-state index in [1.165, 1.54) is 6.07 Å². The molecule has 2 rings (SSSR count). The number of aromatic nitrogens is 1.